The van der Waals surface area contributed by atoms with Crippen molar-refractivity contribution in [3.05, 3.63) is 53.1 Å². The molecular weight excluding hydrogens is 354 g/mol. The van der Waals surface area contributed by atoms with Crippen LogP contribution in [0.1, 0.15) is 48.9 Å². The van der Waals surface area contributed by atoms with Crippen LogP contribution in [0.2, 0.25) is 0 Å². The highest BCUT2D eigenvalue weighted by Crippen LogP contribution is 2.36. The second-order valence-electron chi connectivity index (χ2n) is 7.61. The van der Waals surface area contributed by atoms with Crippen LogP contribution in [0.4, 0.5) is 0 Å². The molecule has 2 N–H and O–H groups in total. The summed E-state index contributed by atoms with van der Waals surface area (Å²) in [4.78, 5) is 0. The quantitative estimate of drug-likeness (QED) is 0.578. The first-order chi connectivity index (χ1) is 13.5. The van der Waals surface area contributed by atoms with Crippen LogP contribution < -0.4 is 9.47 Å². The third kappa shape index (κ3) is 4.97. The van der Waals surface area contributed by atoms with Crippen LogP contribution in [0.3, 0.4) is 0 Å². The van der Waals surface area contributed by atoms with Crippen LogP contribution in [-0.4, -0.2) is 36.1 Å². The molecule has 0 saturated heterocycles. The summed E-state index contributed by atoms with van der Waals surface area (Å²) in [5, 5.41) is 22.6. The molecule has 5 nitrogen and oxygen atoms in total. The Morgan fingerprint density at radius 1 is 1.11 bits per heavy atom. The second kappa shape index (κ2) is 9.30. The number of hydrogen-bond acceptors (Lipinski definition) is 5. The fourth-order valence-corrected chi connectivity index (χ4v) is 3.67. The Kier molecular flexibility index (Phi) is 6.81. The number of phenols is 1. The van der Waals surface area contributed by atoms with Gasteiger partial charge in [0.2, 0.25) is 0 Å². The van der Waals surface area contributed by atoms with Gasteiger partial charge < -0.3 is 19.8 Å². The van der Waals surface area contributed by atoms with E-state index in [1.807, 2.05) is 12.1 Å². The summed E-state index contributed by atoms with van der Waals surface area (Å²) in [7, 11) is 3.21. The summed E-state index contributed by atoms with van der Waals surface area (Å²) < 4.78 is 10.6. The molecule has 0 aliphatic heterocycles. The first-order valence-corrected chi connectivity index (χ1v) is 10.0. The van der Waals surface area contributed by atoms with Crippen LogP contribution in [-0.2, 0) is 12.8 Å². The number of aryl methyl sites for hydroxylation is 1. The van der Waals surface area contributed by atoms with Gasteiger partial charge in [-0.1, -0.05) is 25.5 Å². The summed E-state index contributed by atoms with van der Waals surface area (Å²) in [6.07, 6.45) is 4.90. The Bertz CT molecular complexity index is 788. The van der Waals surface area contributed by atoms with Gasteiger partial charge in [0.1, 0.15) is 5.75 Å². The van der Waals surface area contributed by atoms with Crippen molar-refractivity contribution >= 4 is 0 Å². The number of phenolic OH excluding ortho intramolecular Hbond substituents is 1. The molecule has 0 aromatic heterocycles. The van der Waals surface area contributed by atoms with Crippen LogP contribution in [0.25, 0.3) is 0 Å². The maximum absolute atomic E-state index is 10.9. The number of rotatable bonds is 10. The predicted octanol–water partition coefficient (Wildman–Crippen LogP) is 4.75. The van der Waals surface area contributed by atoms with Crippen molar-refractivity contribution in [3.63, 3.8) is 0 Å². The van der Waals surface area contributed by atoms with E-state index in [2.05, 4.69) is 19.1 Å². The Morgan fingerprint density at radius 3 is 2.50 bits per heavy atom. The van der Waals surface area contributed by atoms with Crippen molar-refractivity contribution in [2.75, 3.05) is 20.8 Å². The van der Waals surface area contributed by atoms with Gasteiger partial charge in [-0.25, -0.2) is 0 Å². The van der Waals surface area contributed by atoms with Crippen molar-refractivity contribution in [3.8, 4) is 17.2 Å². The highest BCUT2D eigenvalue weighted by molar-refractivity contribution is 5.43. The van der Waals surface area contributed by atoms with Crippen LogP contribution >= 0.6 is 0 Å². The van der Waals surface area contributed by atoms with Gasteiger partial charge in [0, 0.05) is 6.54 Å². The number of hydroxylamine groups is 2. The lowest BCUT2D eigenvalue weighted by Crippen LogP contribution is -2.30. The van der Waals surface area contributed by atoms with Gasteiger partial charge >= 0.3 is 0 Å². The highest BCUT2D eigenvalue weighted by atomic mass is 16.5. The molecule has 3 rings (SSSR count). The molecule has 0 unspecified atom stereocenters. The predicted molar refractivity (Wildman–Crippen MR) is 109 cm³/mol. The Hall–Kier alpha value is -2.24. The van der Waals surface area contributed by atoms with E-state index >= 15 is 0 Å². The number of benzene rings is 2. The Morgan fingerprint density at radius 2 is 1.89 bits per heavy atom. The maximum atomic E-state index is 10.9. The lowest BCUT2D eigenvalue weighted by molar-refractivity contribution is -0.132. The van der Waals surface area contributed by atoms with Crippen molar-refractivity contribution < 1.29 is 19.8 Å². The number of aromatic hydroxyl groups is 1. The molecule has 1 atom stereocenters. The van der Waals surface area contributed by atoms with Gasteiger partial charge in [0.05, 0.1) is 20.3 Å². The molecule has 1 aliphatic carbocycles. The maximum Gasteiger partial charge on any atom is 0.160 e. The van der Waals surface area contributed by atoms with E-state index in [0.29, 0.717) is 24.6 Å². The standard InChI is InChI=1S/C23H31NO4/c1-4-5-18-14-19(27-2)9-10-20(18)21(24(26)15-16-6-7-16)12-17-8-11-23(28-3)22(25)13-17/h8-11,13-14,16,21,25-26H,4-7,12,15H2,1-3H3/t21-/m0/s1. The smallest absolute Gasteiger partial charge is 0.160 e. The van der Waals surface area contributed by atoms with Crippen molar-refractivity contribution in [1.29, 1.82) is 0 Å². The van der Waals surface area contributed by atoms with Crippen molar-refractivity contribution in [1.82, 2.24) is 5.06 Å². The van der Waals surface area contributed by atoms with E-state index in [1.165, 1.54) is 30.6 Å². The van der Waals surface area contributed by atoms with Crippen molar-refractivity contribution in [2.45, 2.75) is 45.1 Å². The van der Waals surface area contributed by atoms with Gasteiger partial charge in [0.25, 0.3) is 0 Å². The second-order valence-corrected chi connectivity index (χ2v) is 7.61. The van der Waals surface area contributed by atoms with E-state index in [4.69, 9.17) is 9.47 Å². The minimum atomic E-state index is -0.180. The van der Waals surface area contributed by atoms with Gasteiger partial charge in [-0.05, 0) is 72.6 Å². The zero-order valence-electron chi connectivity index (χ0n) is 17.0. The van der Waals surface area contributed by atoms with E-state index in [-0.39, 0.29) is 11.8 Å². The molecular formula is C23H31NO4. The molecule has 2 aromatic carbocycles. The van der Waals surface area contributed by atoms with Crippen molar-refractivity contribution in [2.24, 2.45) is 5.92 Å². The molecule has 0 amide bonds. The zero-order chi connectivity index (χ0) is 20.1. The highest BCUT2D eigenvalue weighted by Gasteiger charge is 2.29. The lowest BCUT2D eigenvalue weighted by Gasteiger charge is -2.29. The first kappa shape index (κ1) is 20.5. The van der Waals surface area contributed by atoms with Crippen LogP contribution in [0.15, 0.2) is 36.4 Å². The lowest BCUT2D eigenvalue weighted by atomic mass is 9.92. The number of nitrogens with zero attached hydrogens (tertiary/aromatic N) is 1. The molecule has 0 radical (unpaired) electrons. The number of methoxy groups -OCH3 is 2. The molecule has 28 heavy (non-hydrogen) atoms. The van der Waals surface area contributed by atoms with E-state index in [9.17, 15) is 10.3 Å². The molecule has 2 aromatic rings. The minimum absolute atomic E-state index is 0.119. The van der Waals surface area contributed by atoms with Gasteiger partial charge in [-0.15, -0.1) is 0 Å². The number of ether oxygens (including phenoxy) is 2. The van der Waals surface area contributed by atoms with Gasteiger partial charge in [0.15, 0.2) is 11.5 Å². The third-order valence-corrected chi connectivity index (χ3v) is 5.40. The summed E-state index contributed by atoms with van der Waals surface area (Å²) >= 11 is 0. The Balaban J connectivity index is 1.93. The molecule has 152 valence electrons. The molecule has 0 heterocycles. The SMILES string of the molecule is CCCc1cc(OC)ccc1[C@H](Cc1ccc(OC)c(O)c1)N(O)CC1CC1. The summed E-state index contributed by atoms with van der Waals surface area (Å²) in [5.74, 6) is 1.98. The van der Waals surface area contributed by atoms with E-state index in [0.717, 1.165) is 29.7 Å². The molecule has 1 fully saturated rings. The number of hydrogen-bond donors (Lipinski definition) is 2. The molecule has 1 saturated carbocycles. The zero-order valence-corrected chi connectivity index (χ0v) is 17.0. The fourth-order valence-electron chi connectivity index (χ4n) is 3.67. The molecule has 0 bridgehead atoms. The minimum Gasteiger partial charge on any atom is -0.504 e. The average molecular weight is 386 g/mol. The Labute approximate surface area is 167 Å². The molecule has 0 spiro atoms. The first-order valence-electron chi connectivity index (χ1n) is 10.0. The average Bonchev–Trinajstić information content (AvgIpc) is 3.50. The van der Waals surface area contributed by atoms with Gasteiger partial charge in [-0.2, -0.15) is 5.06 Å². The topological polar surface area (TPSA) is 62.2 Å². The molecule has 1 aliphatic rings. The van der Waals surface area contributed by atoms with E-state index < -0.39 is 0 Å². The van der Waals surface area contributed by atoms with Gasteiger partial charge in [-0.3, -0.25) is 0 Å². The largest absolute Gasteiger partial charge is 0.504 e. The van der Waals surface area contributed by atoms with Crippen LogP contribution in [0.5, 0.6) is 17.2 Å². The van der Waals surface area contributed by atoms with E-state index in [1.54, 1.807) is 19.2 Å². The normalized spacial score (nSPS) is 14.9. The monoisotopic (exact) mass is 385 g/mol. The summed E-state index contributed by atoms with van der Waals surface area (Å²) in [5.41, 5.74) is 3.26. The summed E-state index contributed by atoms with van der Waals surface area (Å²) in [6, 6.07) is 11.3. The molecule has 5 heteroatoms. The third-order valence-electron chi connectivity index (χ3n) is 5.40. The van der Waals surface area contributed by atoms with Crippen LogP contribution in [0, 0.1) is 5.92 Å². The summed E-state index contributed by atoms with van der Waals surface area (Å²) in [6.45, 7) is 2.82. The fraction of sp³-hybridized carbons (Fsp3) is 0.478.